The van der Waals surface area contributed by atoms with Crippen molar-refractivity contribution in [3.8, 4) is 0 Å². The molecule has 0 radical (unpaired) electrons. The smallest absolute Gasteiger partial charge is 0.159 e. The van der Waals surface area contributed by atoms with E-state index in [2.05, 4.69) is 0 Å². The Hall–Kier alpha value is -0.960. The first-order valence-electron chi connectivity index (χ1n) is 3.85. The average molecular weight is 171 g/mol. The summed E-state index contributed by atoms with van der Waals surface area (Å²) in [5, 5.41) is 0. The predicted octanol–water partition coefficient (Wildman–Crippen LogP) is 2.37. The van der Waals surface area contributed by atoms with Gasteiger partial charge < -0.3 is 5.73 Å². The first kappa shape index (κ1) is 9.13. The summed E-state index contributed by atoms with van der Waals surface area (Å²) in [6, 6.07) is 3.54. The Morgan fingerprint density at radius 3 is 2.50 bits per heavy atom. The summed E-state index contributed by atoms with van der Waals surface area (Å²) in [6.07, 6.45) is 0.713. The van der Waals surface area contributed by atoms with Gasteiger partial charge in [-0.3, -0.25) is 0 Å². The lowest BCUT2D eigenvalue weighted by molar-refractivity contribution is 0.504. The zero-order chi connectivity index (χ0) is 9.14. The second-order valence-electron chi connectivity index (χ2n) is 2.69. The summed E-state index contributed by atoms with van der Waals surface area (Å²) in [4.78, 5) is 0. The van der Waals surface area contributed by atoms with Crippen molar-refractivity contribution in [2.24, 2.45) is 5.73 Å². The van der Waals surface area contributed by atoms with Crippen LogP contribution in [0.5, 0.6) is 0 Å². The van der Waals surface area contributed by atoms with Gasteiger partial charge in [0, 0.05) is 6.04 Å². The van der Waals surface area contributed by atoms with Gasteiger partial charge in [0.25, 0.3) is 0 Å². The van der Waals surface area contributed by atoms with Crippen LogP contribution >= 0.6 is 0 Å². The maximum atomic E-state index is 12.6. The van der Waals surface area contributed by atoms with Crippen molar-refractivity contribution in [3.63, 3.8) is 0 Å². The zero-order valence-electron chi connectivity index (χ0n) is 6.85. The van der Waals surface area contributed by atoms with Crippen molar-refractivity contribution in [1.29, 1.82) is 0 Å². The molecule has 0 saturated heterocycles. The third-order valence-corrected chi connectivity index (χ3v) is 1.81. The molecule has 0 aliphatic carbocycles. The first-order valence-corrected chi connectivity index (χ1v) is 3.85. The summed E-state index contributed by atoms with van der Waals surface area (Å²) in [5.74, 6) is -1.67. The van der Waals surface area contributed by atoms with Crippen LogP contribution < -0.4 is 5.73 Å². The molecule has 2 N–H and O–H groups in total. The molecular formula is C9H11F2N. The lowest BCUT2D eigenvalue weighted by atomic mass is 10.1. The predicted molar refractivity (Wildman–Crippen MR) is 43.6 cm³/mol. The molecule has 0 aliphatic rings. The van der Waals surface area contributed by atoms with Crippen molar-refractivity contribution in [3.05, 3.63) is 35.4 Å². The molecule has 1 rings (SSSR count). The number of hydrogen-bond acceptors (Lipinski definition) is 1. The number of rotatable bonds is 2. The van der Waals surface area contributed by atoms with Crippen LogP contribution in [0.3, 0.4) is 0 Å². The van der Waals surface area contributed by atoms with Gasteiger partial charge in [-0.1, -0.05) is 13.0 Å². The molecule has 0 saturated carbocycles. The molecule has 0 aromatic heterocycles. The average Bonchev–Trinajstić information content (AvgIpc) is 2.08. The Balaban J connectivity index is 2.96. The monoisotopic (exact) mass is 171 g/mol. The highest BCUT2D eigenvalue weighted by Gasteiger charge is 2.06. The second-order valence-corrected chi connectivity index (χ2v) is 2.69. The highest BCUT2D eigenvalue weighted by molar-refractivity contribution is 5.20. The molecule has 1 aromatic carbocycles. The second kappa shape index (κ2) is 3.63. The van der Waals surface area contributed by atoms with E-state index in [0.29, 0.717) is 12.0 Å². The summed E-state index contributed by atoms with van der Waals surface area (Å²) in [5.41, 5.74) is 6.26. The van der Waals surface area contributed by atoms with Gasteiger partial charge in [-0.2, -0.15) is 0 Å². The third kappa shape index (κ3) is 1.80. The fraction of sp³-hybridized carbons (Fsp3) is 0.333. The van der Waals surface area contributed by atoms with Crippen molar-refractivity contribution in [2.75, 3.05) is 0 Å². The van der Waals surface area contributed by atoms with Crippen molar-refractivity contribution in [1.82, 2.24) is 0 Å². The maximum Gasteiger partial charge on any atom is 0.159 e. The topological polar surface area (TPSA) is 26.0 Å². The van der Waals surface area contributed by atoms with E-state index in [-0.39, 0.29) is 6.04 Å². The molecule has 0 aliphatic heterocycles. The number of nitrogens with two attached hydrogens (primary N) is 1. The fourth-order valence-corrected chi connectivity index (χ4v) is 0.979. The van der Waals surface area contributed by atoms with Crippen LogP contribution in [-0.2, 0) is 0 Å². The van der Waals surface area contributed by atoms with E-state index < -0.39 is 11.6 Å². The van der Waals surface area contributed by atoms with Gasteiger partial charge >= 0.3 is 0 Å². The van der Waals surface area contributed by atoms with Crippen LogP contribution in [0.1, 0.15) is 24.9 Å². The molecule has 1 aromatic rings. The van der Waals surface area contributed by atoms with Crippen LogP contribution in [0, 0.1) is 11.6 Å². The van der Waals surface area contributed by atoms with Crippen LogP contribution in [0.2, 0.25) is 0 Å². The molecule has 1 unspecified atom stereocenters. The quantitative estimate of drug-likeness (QED) is 0.726. The van der Waals surface area contributed by atoms with E-state index in [9.17, 15) is 8.78 Å². The van der Waals surface area contributed by atoms with Gasteiger partial charge in [0.1, 0.15) is 0 Å². The summed E-state index contributed by atoms with van der Waals surface area (Å²) < 4.78 is 25.1. The zero-order valence-corrected chi connectivity index (χ0v) is 6.85. The SMILES string of the molecule is CCC(N)c1ccc(F)c(F)c1. The Bertz CT molecular complexity index is 273. The van der Waals surface area contributed by atoms with E-state index in [1.54, 1.807) is 0 Å². The van der Waals surface area contributed by atoms with Crippen LogP contribution in [0.15, 0.2) is 18.2 Å². The van der Waals surface area contributed by atoms with Gasteiger partial charge in [-0.25, -0.2) is 8.78 Å². The molecule has 0 heterocycles. The molecule has 0 spiro atoms. The van der Waals surface area contributed by atoms with E-state index in [1.807, 2.05) is 6.92 Å². The molecule has 0 bridgehead atoms. The highest BCUT2D eigenvalue weighted by Crippen LogP contribution is 2.16. The standard InChI is InChI=1S/C9H11F2N/c1-2-9(12)6-3-4-7(10)8(11)5-6/h3-5,9H,2,12H2,1H3. The molecule has 3 heteroatoms. The van der Waals surface area contributed by atoms with Gasteiger partial charge in [-0.15, -0.1) is 0 Å². The summed E-state index contributed by atoms with van der Waals surface area (Å²) >= 11 is 0. The number of benzene rings is 1. The molecular weight excluding hydrogens is 160 g/mol. The largest absolute Gasteiger partial charge is 0.324 e. The van der Waals surface area contributed by atoms with Gasteiger partial charge in [0.2, 0.25) is 0 Å². The van der Waals surface area contributed by atoms with Gasteiger partial charge in [-0.05, 0) is 24.1 Å². The fourth-order valence-electron chi connectivity index (χ4n) is 0.979. The van der Waals surface area contributed by atoms with Gasteiger partial charge in [0.15, 0.2) is 11.6 Å². The highest BCUT2D eigenvalue weighted by atomic mass is 19.2. The third-order valence-electron chi connectivity index (χ3n) is 1.81. The number of hydrogen-bond donors (Lipinski definition) is 1. The lowest BCUT2D eigenvalue weighted by Gasteiger charge is -2.08. The minimum Gasteiger partial charge on any atom is -0.324 e. The first-order chi connectivity index (χ1) is 5.65. The molecule has 0 amide bonds. The molecule has 1 atom stereocenters. The summed E-state index contributed by atoms with van der Waals surface area (Å²) in [6.45, 7) is 1.89. The Morgan fingerprint density at radius 2 is 2.00 bits per heavy atom. The molecule has 0 fully saturated rings. The van der Waals surface area contributed by atoms with E-state index in [1.165, 1.54) is 6.07 Å². The molecule has 1 nitrogen and oxygen atoms in total. The van der Waals surface area contributed by atoms with Gasteiger partial charge in [0.05, 0.1) is 0 Å². The maximum absolute atomic E-state index is 12.6. The Morgan fingerprint density at radius 1 is 1.33 bits per heavy atom. The van der Waals surface area contributed by atoms with Crippen LogP contribution in [-0.4, -0.2) is 0 Å². The minimum atomic E-state index is -0.837. The number of halogens is 2. The Labute approximate surface area is 70.2 Å². The molecule has 66 valence electrons. The normalized spacial score (nSPS) is 13.0. The lowest BCUT2D eigenvalue weighted by Crippen LogP contribution is -2.08. The van der Waals surface area contributed by atoms with Crippen LogP contribution in [0.4, 0.5) is 8.78 Å². The van der Waals surface area contributed by atoms with Crippen molar-refractivity contribution < 1.29 is 8.78 Å². The van der Waals surface area contributed by atoms with Crippen LogP contribution in [0.25, 0.3) is 0 Å². The van der Waals surface area contributed by atoms with E-state index >= 15 is 0 Å². The Kier molecular flexibility index (Phi) is 2.76. The van der Waals surface area contributed by atoms with E-state index in [0.717, 1.165) is 12.1 Å². The summed E-state index contributed by atoms with van der Waals surface area (Å²) in [7, 11) is 0. The van der Waals surface area contributed by atoms with Crippen molar-refractivity contribution in [2.45, 2.75) is 19.4 Å². The molecule has 12 heavy (non-hydrogen) atoms. The van der Waals surface area contributed by atoms with Crippen molar-refractivity contribution >= 4 is 0 Å². The van der Waals surface area contributed by atoms with E-state index in [4.69, 9.17) is 5.73 Å². The minimum absolute atomic E-state index is 0.208.